The second-order valence-corrected chi connectivity index (χ2v) is 3.28. The van der Waals surface area contributed by atoms with Crippen LogP contribution in [0.5, 0.6) is 0 Å². The quantitative estimate of drug-likeness (QED) is 0.605. The topological polar surface area (TPSA) is 32.3 Å². The largest absolute Gasteiger partial charge is 0.349 e. The highest BCUT2D eigenvalue weighted by atomic mass is 16.2. The van der Waals surface area contributed by atoms with Crippen LogP contribution in [-0.4, -0.2) is 38.0 Å². The zero-order valence-electron chi connectivity index (χ0n) is 7.76. The van der Waals surface area contributed by atoms with E-state index in [9.17, 15) is 4.79 Å². The minimum atomic E-state index is 0.197. The van der Waals surface area contributed by atoms with Crippen LogP contribution in [-0.2, 0) is 4.79 Å². The molecule has 1 heterocycles. The van der Waals surface area contributed by atoms with Crippen LogP contribution < -0.4 is 5.32 Å². The van der Waals surface area contributed by atoms with Gasteiger partial charge in [-0.25, -0.2) is 0 Å². The molecule has 12 heavy (non-hydrogen) atoms. The van der Waals surface area contributed by atoms with Gasteiger partial charge in [-0.1, -0.05) is 11.6 Å². The molecule has 1 aliphatic rings. The van der Waals surface area contributed by atoms with Crippen LogP contribution in [0.15, 0.2) is 11.6 Å². The first-order chi connectivity index (χ1) is 5.70. The number of hydrogen-bond acceptors (Lipinski definition) is 2. The summed E-state index contributed by atoms with van der Waals surface area (Å²) >= 11 is 0. The Labute approximate surface area is 73.4 Å². The zero-order valence-corrected chi connectivity index (χ0v) is 7.76. The third kappa shape index (κ3) is 2.66. The van der Waals surface area contributed by atoms with Crippen LogP contribution in [0, 0.1) is 0 Å². The summed E-state index contributed by atoms with van der Waals surface area (Å²) < 4.78 is 0. The fourth-order valence-electron chi connectivity index (χ4n) is 1.18. The molecule has 0 aromatic heterocycles. The van der Waals surface area contributed by atoms with Crippen molar-refractivity contribution in [3.8, 4) is 0 Å². The second-order valence-electron chi connectivity index (χ2n) is 3.28. The molecule has 0 atom stereocenters. The van der Waals surface area contributed by atoms with Crippen LogP contribution in [0.3, 0.4) is 0 Å². The average molecular weight is 168 g/mol. The summed E-state index contributed by atoms with van der Waals surface area (Å²) in [5, 5.41) is 3.22. The molecular formula is C9H16N2O. The Bertz CT molecular complexity index is 197. The Hall–Kier alpha value is -0.830. The molecule has 1 N–H and O–H groups in total. The summed E-state index contributed by atoms with van der Waals surface area (Å²) in [5.41, 5.74) is 1.27. The Morgan fingerprint density at radius 3 is 2.92 bits per heavy atom. The highest BCUT2D eigenvalue weighted by molar-refractivity contribution is 5.78. The second kappa shape index (κ2) is 4.26. The molecule has 0 radical (unpaired) electrons. The third-order valence-electron chi connectivity index (χ3n) is 2.04. The Morgan fingerprint density at radius 2 is 2.42 bits per heavy atom. The predicted octanol–water partition coefficient (Wildman–Crippen LogP) is 0.384. The molecule has 0 saturated heterocycles. The van der Waals surface area contributed by atoms with Gasteiger partial charge in [-0.05, 0) is 13.0 Å². The lowest BCUT2D eigenvalue weighted by Crippen LogP contribution is -2.25. The van der Waals surface area contributed by atoms with Crippen LogP contribution in [0.2, 0.25) is 0 Å². The van der Waals surface area contributed by atoms with Crippen molar-refractivity contribution in [2.45, 2.75) is 12.8 Å². The Balaban J connectivity index is 2.39. The Kier molecular flexibility index (Phi) is 3.29. The fourth-order valence-corrected chi connectivity index (χ4v) is 1.18. The van der Waals surface area contributed by atoms with E-state index >= 15 is 0 Å². The number of rotatable bonds is 2. The van der Waals surface area contributed by atoms with E-state index in [0.29, 0.717) is 6.42 Å². The molecule has 0 saturated carbocycles. The first-order valence-corrected chi connectivity index (χ1v) is 4.29. The van der Waals surface area contributed by atoms with Gasteiger partial charge in [0.05, 0.1) is 0 Å². The molecule has 0 aromatic carbocycles. The van der Waals surface area contributed by atoms with Gasteiger partial charge in [0.1, 0.15) is 0 Å². The molecule has 0 spiro atoms. The number of hydrogen-bond donors (Lipinski definition) is 1. The molecule has 0 unspecified atom stereocenters. The molecule has 1 aliphatic heterocycles. The van der Waals surface area contributed by atoms with Gasteiger partial charge < -0.3 is 10.2 Å². The first kappa shape index (κ1) is 9.26. The molecule has 0 aliphatic carbocycles. The predicted molar refractivity (Wildman–Crippen MR) is 48.9 cm³/mol. The Morgan fingerprint density at radius 1 is 1.67 bits per heavy atom. The van der Waals surface area contributed by atoms with Gasteiger partial charge >= 0.3 is 0 Å². The van der Waals surface area contributed by atoms with Gasteiger partial charge in [-0.15, -0.1) is 0 Å². The maximum absolute atomic E-state index is 11.3. The van der Waals surface area contributed by atoms with Crippen molar-refractivity contribution in [1.82, 2.24) is 10.2 Å². The molecule has 0 bridgehead atoms. The van der Waals surface area contributed by atoms with E-state index in [1.165, 1.54) is 5.57 Å². The fraction of sp³-hybridized carbons (Fsp3) is 0.667. The van der Waals surface area contributed by atoms with Crippen molar-refractivity contribution in [1.29, 1.82) is 0 Å². The molecular weight excluding hydrogens is 152 g/mol. The van der Waals surface area contributed by atoms with Crippen molar-refractivity contribution in [3.05, 3.63) is 11.6 Å². The number of carbonyl (C=O) groups excluding carboxylic acids is 1. The molecule has 1 amide bonds. The lowest BCUT2D eigenvalue weighted by Gasteiger charge is -2.15. The smallest absolute Gasteiger partial charge is 0.226 e. The number of carbonyl (C=O) groups is 1. The highest BCUT2D eigenvalue weighted by Gasteiger charge is 2.09. The molecule has 3 heteroatoms. The summed E-state index contributed by atoms with van der Waals surface area (Å²) in [6, 6.07) is 0. The molecule has 0 fully saturated rings. The van der Waals surface area contributed by atoms with Crippen molar-refractivity contribution >= 4 is 5.91 Å². The van der Waals surface area contributed by atoms with Crippen LogP contribution in [0.4, 0.5) is 0 Å². The number of nitrogens with one attached hydrogen (secondary N) is 1. The summed E-state index contributed by atoms with van der Waals surface area (Å²) in [6.07, 6.45) is 3.72. The van der Waals surface area contributed by atoms with Crippen molar-refractivity contribution in [3.63, 3.8) is 0 Å². The highest BCUT2D eigenvalue weighted by Crippen LogP contribution is 2.09. The maximum atomic E-state index is 11.3. The SMILES string of the molecule is CN(C)C(=O)CC1=CCNCC1. The zero-order chi connectivity index (χ0) is 8.97. The third-order valence-corrected chi connectivity index (χ3v) is 2.04. The first-order valence-electron chi connectivity index (χ1n) is 4.29. The van der Waals surface area contributed by atoms with E-state index in [0.717, 1.165) is 19.5 Å². The minimum absolute atomic E-state index is 0.197. The maximum Gasteiger partial charge on any atom is 0.226 e. The molecule has 3 nitrogen and oxygen atoms in total. The molecule has 1 rings (SSSR count). The van der Waals surface area contributed by atoms with Gasteiger partial charge in [0.25, 0.3) is 0 Å². The minimum Gasteiger partial charge on any atom is -0.349 e. The van der Waals surface area contributed by atoms with Gasteiger partial charge in [0.15, 0.2) is 0 Å². The monoisotopic (exact) mass is 168 g/mol. The standard InChI is InChI=1S/C9H16N2O/c1-11(2)9(12)7-8-3-5-10-6-4-8/h3,10H,4-7H2,1-2H3. The summed E-state index contributed by atoms with van der Waals surface area (Å²) in [4.78, 5) is 12.9. The van der Waals surface area contributed by atoms with E-state index in [2.05, 4.69) is 11.4 Å². The van der Waals surface area contributed by atoms with E-state index in [4.69, 9.17) is 0 Å². The van der Waals surface area contributed by atoms with E-state index in [1.807, 2.05) is 0 Å². The average Bonchev–Trinajstić information content (AvgIpc) is 2.06. The summed E-state index contributed by atoms with van der Waals surface area (Å²) in [5.74, 6) is 0.197. The van der Waals surface area contributed by atoms with Gasteiger partial charge in [0.2, 0.25) is 5.91 Å². The number of nitrogens with zero attached hydrogens (tertiary/aromatic N) is 1. The van der Waals surface area contributed by atoms with Crippen LogP contribution in [0.25, 0.3) is 0 Å². The summed E-state index contributed by atoms with van der Waals surface area (Å²) in [6.45, 7) is 1.92. The number of amides is 1. The summed E-state index contributed by atoms with van der Waals surface area (Å²) in [7, 11) is 3.59. The molecule has 68 valence electrons. The van der Waals surface area contributed by atoms with E-state index < -0.39 is 0 Å². The van der Waals surface area contributed by atoms with Crippen LogP contribution in [0.1, 0.15) is 12.8 Å². The lowest BCUT2D eigenvalue weighted by molar-refractivity contribution is -0.127. The molecule has 0 aromatic rings. The van der Waals surface area contributed by atoms with Crippen molar-refractivity contribution < 1.29 is 4.79 Å². The normalized spacial score (nSPS) is 17.0. The van der Waals surface area contributed by atoms with Gasteiger partial charge in [-0.3, -0.25) is 4.79 Å². The van der Waals surface area contributed by atoms with E-state index in [1.54, 1.807) is 19.0 Å². The lowest BCUT2D eigenvalue weighted by atomic mass is 10.1. The van der Waals surface area contributed by atoms with Gasteiger partial charge in [0, 0.05) is 27.1 Å². The van der Waals surface area contributed by atoms with Crippen molar-refractivity contribution in [2.75, 3.05) is 27.2 Å². The van der Waals surface area contributed by atoms with Crippen LogP contribution >= 0.6 is 0 Å². The van der Waals surface area contributed by atoms with Crippen molar-refractivity contribution in [2.24, 2.45) is 0 Å². The van der Waals surface area contributed by atoms with E-state index in [-0.39, 0.29) is 5.91 Å². The van der Waals surface area contributed by atoms with Gasteiger partial charge in [-0.2, -0.15) is 0 Å².